The quantitative estimate of drug-likeness (QED) is 0.770. The Morgan fingerprint density at radius 2 is 2.04 bits per heavy atom. The molecule has 1 atom stereocenters. The van der Waals surface area contributed by atoms with Crippen molar-refractivity contribution >= 4 is 11.5 Å². The van der Waals surface area contributed by atoms with Gasteiger partial charge < -0.3 is 19.9 Å². The summed E-state index contributed by atoms with van der Waals surface area (Å²) in [7, 11) is 1.69. The van der Waals surface area contributed by atoms with E-state index >= 15 is 0 Å². The Hall–Kier alpha value is -1.69. The molecule has 0 radical (unpaired) electrons. The number of hydrogen-bond acceptors (Lipinski definition) is 4. The van der Waals surface area contributed by atoms with Crippen LogP contribution in [0.25, 0.3) is 5.57 Å². The number of hydrogen-bond donors (Lipinski definition) is 2. The van der Waals surface area contributed by atoms with E-state index in [1.54, 1.807) is 7.11 Å². The number of carboxylic acid groups (broad SMARTS) is 1. The van der Waals surface area contributed by atoms with Crippen LogP contribution in [0, 0.1) is 5.92 Å². The molecule has 0 saturated carbocycles. The van der Waals surface area contributed by atoms with Crippen LogP contribution in [0.2, 0.25) is 0 Å². The van der Waals surface area contributed by atoms with Gasteiger partial charge >= 0.3 is 5.97 Å². The lowest BCUT2D eigenvalue weighted by molar-refractivity contribution is -0.132. The van der Waals surface area contributed by atoms with Crippen molar-refractivity contribution in [3.05, 3.63) is 41.0 Å². The molecule has 126 valence electrons. The van der Waals surface area contributed by atoms with E-state index < -0.39 is 5.97 Å². The van der Waals surface area contributed by atoms with Crippen molar-refractivity contribution in [2.45, 2.75) is 20.0 Å². The number of ether oxygens (including phenoxy) is 2. The number of carbonyl (C=O) groups is 1. The standard InChI is InChI=1S/C18H25NO4/c1-13(10-22-2)11-23-12-14-3-5-15(6-4-14)16-7-8-19-9-17(16)18(20)21/h3-6,13,19H,7-12H2,1-2H3,(H,20,21). The molecule has 0 aliphatic carbocycles. The Labute approximate surface area is 137 Å². The van der Waals surface area contributed by atoms with Crippen LogP contribution in [0.3, 0.4) is 0 Å². The van der Waals surface area contributed by atoms with E-state index in [1.807, 2.05) is 24.3 Å². The van der Waals surface area contributed by atoms with Gasteiger partial charge in [-0.3, -0.25) is 0 Å². The number of methoxy groups -OCH3 is 1. The molecule has 1 aromatic carbocycles. The van der Waals surface area contributed by atoms with Gasteiger partial charge in [0.1, 0.15) is 0 Å². The first-order valence-electron chi connectivity index (χ1n) is 7.93. The summed E-state index contributed by atoms with van der Waals surface area (Å²) in [4.78, 5) is 11.3. The van der Waals surface area contributed by atoms with E-state index in [0.717, 1.165) is 29.7 Å². The zero-order valence-electron chi connectivity index (χ0n) is 13.8. The van der Waals surface area contributed by atoms with Crippen molar-refractivity contribution in [3.8, 4) is 0 Å². The van der Waals surface area contributed by atoms with Crippen molar-refractivity contribution < 1.29 is 19.4 Å². The van der Waals surface area contributed by atoms with E-state index in [0.29, 0.717) is 37.9 Å². The molecule has 1 aliphatic rings. The fraction of sp³-hybridized carbons (Fsp3) is 0.500. The lowest BCUT2D eigenvalue weighted by Crippen LogP contribution is -2.28. The summed E-state index contributed by atoms with van der Waals surface area (Å²) in [6, 6.07) is 7.98. The normalized spacial score (nSPS) is 16.4. The van der Waals surface area contributed by atoms with Crippen LogP contribution in [0.4, 0.5) is 0 Å². The molecule has 2 N–H and O–H groups in total. The maximum Gasteiger partial charge on any atom is 0.333 e. The average molecular weight is 319 g/mol. The molecule has 1 aliphatic heterocycles. The lowest BCUT2D eigenvalue weighted by Gasteiger charge is -2.19. The highest BCUT2D eigenvalue weighted by Crippen LogP contribution is 2.25. The van der Waals surface area contributed by atoms with Crippen molar-refractivity contribution in [3.63, 3.8) is 0 Å². The highest BCUT2D eigenvalue weighted by Gasteiger charge is 2.19. The molecule has 1 heterocycles. The first-order chi connectivity index (χ1) is 11.1. The minimum atomic E-state index is -0.841. The highest BCUT2D eigenvalue weighted by atomic mass is 16.5. The fourth-order valence-electron chi connectivity index (χ4n) is 2.72. The second-order valence-electron chi connectivity index (χ2n) is 5.96. The van der Waals surface area contributed by atoms with Gasteiger partial charge in [0.15, 0.2) is 0 Å². The summed E-state index contributed by atoms with van der Waals surface area (Å²) >= 11 is 0. The molecule has 0 aromatic heterocycles. The summed E-state index contributed by atoms with van der Waals surface area (Å²) < 4.78 is 10.8. The first-order valence-corrected chi connectivity index (χ1v) is 7.93. The maximum atomic E-state index is 11.3. The Morgan fingerprint density at radius 1 is 1.30 bits per heavy atom. The first kappa shape index (κ1) is 17.7. The Bertz CT molecular complexity index is 551. The van der Waals surface area contributed by atoms with Crippen molar-refractivity contribution in [1.82, 2.24) is 5.32 Å². The van der Waals surface area contributed by atoms with Gasteiger partial charge in [-0.2, -0.15) is 0 Å². The number of rotatable bonds is 8. The molecule has 0 saturated heterocycles. The highest BCUT2D eigenvalue weighted by molar-refractivity contribution is 5.97. The van der Waals surface area contributed by atoms with Gasteiger partial charge in [0.2, 0.25) is 0 Å². The average Bonchev–Trinajstić information content (AvgIpc) is 2.56. The lowest BCUT2D eigenvalue weighted by atomic mass is 9.94. The van der Waals surface area contributed by atoms with Gasteiger partial charge in [0.05, 0.1) is 25.4 Å². The Morgan fingerprint density at radius 3 is 2.70 bits per heavy atom. The van der Waals surface area contributed by atoms with Gasteiger partial charge in [0.25, 0.3) is 0 Å². The SMILES string of the molecule is COCC(C)COCc1ccc(C2=C(C(=O)O)CNCC2)cc1. The van der Waals surface area contributed by atoms with Crippen molar-refractivity contribution in [2.24, 2.45) is 5.92 Å². The van der Waals surface area contributed by atoms with Gasteiger partial charge in [-0.15, -0.1) is 0 Å². The monoisotopic (exact) mass is 319 g/mol. The summed E-state index contributed by atoms with van der Waals surface area (Å²) in [5.74, 6) is -0.468. The summed E-state index contributed by atoms with van der Waals surface area (Å²) in [6.07, 6.45) is 0.742. The third-order valence-corrected chi connectivity index (χ3v) is 3.90. The molecule has 0 amide bonds. The molecule has 2 rings (SSSR count). The third kappa shape index (κ3) is 5.16. The second kappa shape index (κ2) is 8.82. The van der Waals surface area contributed by atoms with Crippen LogP contribution in [0.1, 0.15) is 24.5 Å². The van der Waals surface area contributed by atoms with E-state index in [9.17, 15) is 9.90 Å². The van der Waals surface area contributed by atoms with Crippen molar-refractivity contribution in [2.75, 3.05) is 33.4 Å². The smallest absolute Gasteiger partial charge is 0.333 e. The van der Waals surface area contributed by atoms with Gasteiger partial charge in [0, 0.05) is 19.6 Å². The molecule has 5 nitrogen and oxygen atoms in total. The third-order valence-electron chi connectivity index (χ3n) is 3.90. The zero-order chi connectivity index (χ0) is 16.7. The van der Waals surface area contributed by atoms with Crippen LogP contribution in [0.15, 0.2) is 29.8 Å². The molecule has 5 heteroatoms. The van der Waals surface area contributed by atoms with E-state index in [2.05, 4.69) is 12.2 Å². The van der Waals surface area contributed by atoms with Gasteiger partial charge in [-0.25, -0.2) is 4.79 Å². The predicted octanol–water partition coefficient (Wildman–Crippen LogP) is 2.32. The van der Waals surface area contributed by atoms with E-state index in [1.165, 1.54) is 0 Å². The Balaban J connectivity index is 1.97. The molecule has 0 spiro atoms. The number of benzene rings is 1. The minimum absolute atomic E-state index is 0.372. The minimum Gasteiger partial charge on any atom is -0.478 e. The second-order valence-corrected chi connectivity index (χ2v) is 5.96. The number of aliphatic carboxylic acids is 1. The number of carboxylic acids is 1. The molecule has 1 unspecified atom stereocenters. The fourth-order valence-corrected chi connectivity index (χ4v) is 2.72. The maximum absolute atomic E-state index is 11.3. The molecular formula is C18H25NO4. The molecular weight excluding hydrogens is 294 g/mol. The summed E-state index contributed by atoms with van der Waals surface area (Å²) in [6.45, 7) is 5.24. The topological polar surface area (TPSA) is 67.8 Å². The predicted molar refractivity (Wildman–Crippen MR) is 89.2 cm³/mol. The summed E-state index contributed by atoms with van der Waals surface area (Å²) in [5, 5.41) is 12.4. The molecule has 1 aromatic rings. The van der Waals surface area contributed by atoms with Crippen LogP contribution in [-0.4, -0.2) is 44.5 Å². The zero-order valence-corrected chi connectivity index (χ0v) is 13.8. The van der Waals surface area contributed by atoms with Crippen LogP contribution >= 0.6 is 0 Å². The van der Waals surface area contributed by atoms with Crippen LogP contribution in [0.5, 0.6) is 0 Å². The largest absolute Gasteiger partial charge is 0.478 e. The van der Waals surface area contributed by atoms with Crippen molar-refractivity contribution in [1.29, 1.82) is 0 Å². The van der Waals surface area contributed by atoms with Crippen LogP contribution in [-0.2, 0) is 20.9 Å². The molecule has 0 fully saturated rings. The van der Waals surface area contributed by atoms with E-state index in [4.69, 9.17) is 9.47 Å². The van der Waals surface area contributed by atoms with Gasteiger partial charge in [-0.05, 0) is 29.7 Å². The molecule has 23 heavy (non-hydrogen) atoms. The van der Waals surface area contributed by atoms with E-state index in [-0.39, 0.29) is 0 Å². The van der Waals surface area contributed by atoms with Crippen LogP contribution < -0.4 is 5.32 Å². The number of nitrogens with one attached hydrogen (secondary N) is 1. The van der Waals surface area contributed by atoms with Gasteiger partial charge in [-0.1, -0.05) is 31.2 Å². The molecule has 0 bridgehead atoms. The summed E-state index contributed by atoms with van der Waals surface area (Å²) in [5.41, 5.74) is 3.47. The Kier molecular flexibility index (Phi) is 6.77.